The zero-order valence-corrected chi connectivity index (χ0v) is 23.0. The highest BCUT2D eigenvalue weighted by molar-refractivity contribution is 6.07. The molecular weight excluding hydrogens is 458 g/mol. The van der Waals surface area contributed by atoms with E-state index in [0.29, 0.717) is 48.4 Å². The molecule has 1 aliphatic heterocycles. The number of rotatable bonds is 11. The van der Waals surface area contributed by atoms with Crippen LogP contribution in [0.2, 0.25) is 0 Å². The van der Waals surface area contributed by atoms with Gasteiger partial charge in [0.15, 0.2) is 17.3 Å². The van der Waals surface area contributed by atoms with Crippen molar-refractivity contribution in [1.82, 2.24) is 4.90 Å². The van der Waals surface area contributed by atoms with Crippen LogP contribution >= 0.6 is 0 Å². The normalized spacial score (nSPS) is 13.0. The molecule has 2 aromatic carbocycles. The Morgan fingerprint density at radius 1 is 1.08 bits per heavy atom. The molecule has 196 valence electrons. The molecule has 8 nitrogen and oxygen atoms in total. The summed E-state index contributed by atoms with van der Waals surface area (Å²) in [6, 6.07) is 5.62. The number of carbonyl (C=O) groups is 1. The number of hydrogen-bond donors (Lipinski definition) is 1. The number of methoxy groups -OCH3 is 2. The lowest BCUT2D eigenvalue weighted by Crippen LogP contribution is -2.31. The van der Waals surface area contributed by atoms with Crippen molar-refractivity contribution in [3.63, 3.8) is 0 Å². The number of ketones is 1. The maximum atomic E-state index is 13.6. The summed E-state index contributed by atoms with van der Waals surface area (Å²) in [7, 11) is 7.09. The predicted molar refractivity (Wildman–Crippen MR) is 142 cm³/mol. The molecule has 0 saturated heterocycles. The SMILES string of the molecule is CCOc1cc2c(c(C)c1OCC)C(=N)N(CC(=O)c1cc(N(C)C)c(OC)c(C(C)(C)OC)c1)C2. The first kappa shape index (κ1) is 27.3. The smallest absolute Gasteiger partial charge is 0.182 e. The van der Waals surface area contributed by atoms with Crippen LogP contribution < -0.4 is 19.1 Å². The third kappa shape index (κ3) is 5.00. The van der Waals surface area contributed by atoms with Crippen LogP contribution in [0.3, 0.4) is 0 Å². The van der Waals surface area contributed by atoms with Gasteiger partial charge in [0.2, 0.25) is 0 Å². The molecule has 2 aromatic rings. The van der Waals surface area contributed by atoms with Gasteiger partial charge in [0.05, 0.1) is 38.2 Å². The molecule has 0 aliphatic carbocycles. The molecule has 1 heterocycles. The van der Waals surface area contributed by atoms with E-state index in [-0.39, 0.29) is 12.3 Å². The van der Waals surface area contributed by atoms with Crippen molar-refractivity contribution in [3.8, 4) is 17.2 Å². The first-order chi connectivity index (χ1) is 17.0. The van der Waals surface area contributed by atoms with Crippen molar-refractivity contribution in [2.24, 2.45) is 0 Å². The minimum absolute atomic E-state index is 0.0763. The number of anilines is 1. The van der Waals surface area contributed by atoms with E-state index in [1.54, 1.807) is 19.1 Å². The Labute approximate surface area is 214 Å². The maximum Gasteiger partial charge on any atom is 0.182 e. The highest BCUT2D eigenvalue weighted by atomic mass is 16.5. The molecule has 1 aliphatic rings. The second-order valence-corrected chi connectivity index (χ2v) is 9.54. The molecule has 8 heteroatoms. The average molecular weight is 498 g/mol. The first-order valence-electron chi connectivity index (χ1n) is 12.2. The van der Waals surface area contributed by atoms with Gasteiger partial charge >= 0.3 is 0 Å². The second-order valence-electron chi connectivity index (χ2n) is 9.54. The monoisotopic (exact) mass is 497 g/mol. The first-order valence-corrected chi connectivity index (χ1v) is 12.2. The van der Waals surface area contributed by atoms with Crippen LogP contribution in [0.1, 0.15) is 60.3 Å². The summed E-state index contributed by atoms with van der Waals surface area (Å²) in [5.41, 5.74) is 4.10. The quantitative estimate of drug-likeness (QED) is 0.448. The van der Waals surface area contributed by atoms with Crippen LogP contribution in [0.4, 0.5) is 5.69 Å². The summed E-state index contributed by atoms with van der Waals surface area (Å²) in [6.07, 6.45) is 0. The minimum atomic E-state index is -0.661. The zero-order valence-electron chi connectivity index (χ0n) is 23.0. The van der Waals surface area contributed by atoms with Crippen LogP contribution in [-0.2, 0) is 16.9 Å². The molecule has 3 rings (SSSR count). The lowest BCUT2D eigenvalue weighted by atomic mass is 9.92. The zero-order chi connectivity index (χ0) is 26.8. The van der Waals surface area contributed by atoms with Crippen LogP contribution in [0, 0.1) is 12.3 Å². The maximum absolute atomic E-state index is 13.6. The van der Waals surface area contributed by atoms with E-state index in [1.807, 2.05) is 71.8 Å². The van der Waals surface area contributed by atoms with E-state index in [0.717, 1.165) is 27.9 Å². The number of hydrogen-bond acceptors (Lipinski definition) is 7. The molecule has 0 atom stereocenters. The summed E-state index contributed by atoms with van der Waals surface area (Å²) in [5, 5.41) is 8.86. The Kier molecular flexibility index (Phi) is 8.19. The van der Waals surface area contributed by atoms with Gasteiger partial charge in [-0.3, -0.25) is 10.2 Å². The van der Waals surface area contributed by atoms with Gasteiger partial charge in [-0.05, 0) is 58.4 Å². The summed E-state index contributed by atoms with van der Waals surface area (Å²) < 4.78 is 23.1. The van der Waals surface area contributed by atoms with Gasteiger partial charge in [-0.1, -0.05) is 0 Å². The van der Waals surface area contributed by atoms with Crippen LogP contribution in [0.5, 0.6) is 17.2 Å². The summed E-state index contributed by atoms with van der Waals surface area (Å²) in [6.45, 7) is 11.2. The van der Waals surface area contributed by atoms with Crippen LogP contribution in [0.25, 0.3) is 0 Å². The molecule has 0 aromatic heterocycles. The van der Waals surface area contributed by atoms with E-state index >= 15 is 0 Å². The van der Waals surface area contributed by atoms with E-state index in [2.05, 4.69) is 0 Å². The minimum Gasteiger partial charge on any atom is -0.494 e. The Morgan fingerprint density at radius 2 is 1.75 bits per heavy atom. The van der Waals surface area contributed by atoms with Crippen molar-refractivity contribution in [1.29, 1.82) is 5.41 Å². The number of carbonyl (C=O) groups excluding carboxylic acids is 1. The van der Waals surface area contributed by atoms with Crippen LogP contribution in [0.15, 0.2) is 18.2 Å². The standard InChI is InChI=1S/C28H39N3O5/c1-10-35-23-14-19-15-31(27(29)24(19)17(3)25(23)36-11-2)16-22(32)18-12-20(28(4,5)34-9)26(33-8)21(13-18)30(6)7/h12-14,29H,10-11,15-16H2,1-9H3. The topological polar surface area (TPSA) is 84.3 Å². The van der Waals surface area contributed by atoms with E-state index in [1.165, 1.54) is 0 Å². The largest absolute Gasteiger partial charge is 0.494 e. The van der Waals surface area contributed by atoms with Gasteiger partial charge in [0, 0.05) is 50.0 Å². The Morgan fingerprint density at radius 3 is 2.31 bits per heavy atom. The molecule has 0 fully saturated rings. The number of amidine groups is 1. The Bertz CT molecular complexity index is 1160. The summed E-state index contributed by atoms with van der Waals surface area (Å²) in [5.74, 6) is 2.24. The fourth-order valence-electron chi connectivity index (χ4n) is 4.60. The van der Waals surface area contributed by atoms with E-state index in [9.17, 15) is 4.79 Å². The second kappa shape index (κ2) is 10.8. The van der Waals surface area contributed by atoms with Gasteiger partial charge < -0.3 is 28.7 Å². The lowest BCUT2D eigenvalue weighted by molar-refractivity contribution is 0.0173. The molecule has 0 unspecified atom stereocenters. The van der Waals surface area contributed by atoms with E-state index < -0.39 is 5.60 Å². The van der Waals surface area contributed by atoms with E-state index in [4.69, 9.17) is 24.4 Å². The lowest BCUT2D eigenvalue weighted by Gasteiger charge is -2.29. The number of nitrogens with zero attached hydrogens (tertiary/aromatic N) is 2. The van der Waals surface area contributed by atoms with Gasteiger partial charge in [0.25, 0.3) is 0 Å². The Balaban J connectivity index is 1.98. The molecule has 1 N–H and O–H groups in total. The molecule has 0 radical (unpaired) electrons. The summed E-state index contributed by atoms with van der Waals surface area (Å²) in [4.78, 5) is 17.3. The molecule has 0 bridgehead atoms. The van der Waals surface area contributed by atoms with Crippen molar-refractivity contribution in [2.45, 2.75) is 46.8 Å². The average Bonchev–Trinajstić information content (AvgIpc) is 3.15. The van der Waals surface area contributed by atoms with Gasteiger partial charge in [-0.25, -0.2) is 0 Å². The highest BCUT2D eigenvalue weighted by Crippen LogP contribution is 2.41. The van der Waals surface area contributed by atoms with Gasteiger partial charge in [-0.15, -0.1) is 0 Å². The molecule has 36 heavy (non-hydrogen) atoms. The third-order valence-corrected chi connectivity index (χ3v) is 6.64. The number of Topliss-reactive ketones (excluding diaryl/α,β-unsaturated/α-hetero) is 1. The highest BCUT2D eigenvalue weighted by Gasteiger charge is 2.33. The molecular formula is C28H39N3O5. The third-order valence-electron chi connectivity index (χ3n) is 6.64. The van der Waals surface area contributed by atoms with Gasteiger partial charge in [-0.2, -0.15) is 0 Å². The number of fused-ring (bicyclic) bond motifs is 1. The van der Waals surface area contributed by atoms with Crippen molar-refractivity contribution in [3.05, 3.63) is 46.0 Å². The Hall–Kier alpha value is -3.26. The predicted octanol–water partition coefficient (Wildman–Crippen LogP) is 4.77. The fourth-order valence-corrected chi connectivity index (χ4v) is 4.60. The van der Waals surface area contributed by atoms with Crippen molar-refractivity contribution in [2.75, 3.05) is 53.0 Å². The summed E-state index contributed by atoms with van der Waals surface area (Å²) >= 11 is 0. The molecule has 0 amide bonds. The number of ether oxygens (including phenoxy) is 4. The number of nitrogens with one attached hydrogen (secondary N) is 1. The van der Waals surface area contributed by atoms with Gasteiger partial charge in [0.1, 0.15) is 11.6 Å². The van der Waals surface area contributed by atoms with Crippen molar-refractivity contribution >= 4 is 17.3 Å². The van der Waals surface area contributed by atoms with Crippen molar-refractivity contribution < 1.29 is 23.7 Å². The molecule has 0 saturated carbocycles. The number of benzene rings is 2. The molecule has 0 spiro atoms. The fraction of sp³-hybridized carbons (Fsp3) is 0.500. The van der Waals surface area contributed by atoms with Crippen LogP contribution in [-0.4, -0.2) is 64.6 Å².